The molecule has 0 radical (unpaired) electrons. The van der Waals surface area contributed by atoms with E-state index in [0.717, 1.165) is 11.1 Å². The van der Waals surface area contributed by atoms with Crippen LogP contribution < -0.4 is 14.8 Å². The van der Waals surface area contributed by atoms with Gasteiger partial charge in [0.2, 0.25) is 6.79 Å². The number of carbonyl (C=O) groups is 1. The quantitative estimate of drug-likeness (QED) is 0.634. The van der Waals surface area contributed by atoms with E-state index >= 15 is 0 Å². The molecule has 1 amide bonds. The second-order valence-electron chi connectivity index (χ2n) is 6.14. The van der Waals surface area contributed by atoms with Gasteiger partial charge >= 0.3 is 0 Å². The molecule has 0 aliphatic carbocycles. The average molecular weight is 396 g/mol. The highest BCUT2D eigenvalue weighted by Gasteiger charge is 2.15. The highest BCUT2D eigenvalue weighted by Crippen LogP contribution is 2.32. The third-order valence-corrected chi connectivity index (χ3v) is 5.27. The van der Waals surface area contributed by atoms with Crippen LogP contribution in [0.15, 0.2) is 65.8 Å². The molecule has 0 spiro atoms. The van der Waals surface area contributed by atoms with Crippen molar-refractivity contribution >= 4 is 17.7 Å². The normalized spacial score (nSPS) is 12.0. The zero-order valence-corrected chi connectivity index (χ0v) is 15.7. The Bertz CT molecular complexity index is 995. The van der Waals surface area contributed by atoms with Gasteiger partial charge in [0.1, 0.15) is 10.8 Å². The maximum Gasteiger partial charge on any atom is 0.254 e. The standard InChI is InChI=1S/C21H17FN2O3S/c22-16-6-3-14(4-7-16)12-28-21-17(2-1-9-23-21)20(25)24-11-15-5-8-18-19(10-15)27-13-26-18/h1-10H,11-13H2,(H,24,25). The predicted molar refractivity (Wildman–Crippen MR) is 104 cm³/mol. The molecule has 7 heteroatoms. The van der Waals surface area contributed by atoms with Crippen molar-refractivity contribution in [3.8, 4) is 11.5 Å². The Labute approximate surface area is 165 Å². The summed E-state index contributed by atoms with van der Waals surface area (Å²) in [7, 11) is 0. The number of fused-ring (bicyclic) bond motifs is 1. The molecule has 142 valence electrons. The minimum atomic E-state index is -0.268. The molecule has 5 nitrogen and oxygen atoms in total. The summed E-state index contributed by atoms with van der Waals surface area (Å²) in [5, 5.41) is 3.55. The van der Waals surface area contributed by atoms with Gasteiger partial charge in [-0.2, -0.15) is 0 Å². The molecule has 0 bridgehead atoms. The van der Waals surface area contributed by atoms with E-state index in [1.807, 2.05) is 18.2 Å². The number of ether oxygens (including phenoxy) is 2. The third-order valence-electron chi connectivity index (χ3n) is 4.19. The molecule has 2 heterocycles. The second-order valence-corrected chi connectivity index (χ2v) is 7.11. The summed E-state index contributed by atoms with van der Waals surface area (Å²) in [6.07, 6.45) is 1.65. The lowest BCUT2D eigenvalue weighted by molar-refractivity contribution is 0.0947. The summed E-state index contributed by atoms with van der Waals surface area (Å²) in [5.74, 6) is 1.52. The van der Waals surface area contributed by atoms with Crippen molar-refractivity contribution in [1.29, 1.82) is 0 Å². The Balaban J connectivity index is 1.40. The van der Waals surface area contributed by atoms with E-state index in [-0.39, 0.29) is 18.5 Å². The van der Waals surface area contributed by atoms with Crippen LogP contribution in [0.2, 0.25) is 0 Å². The number of halogens is 1. The van der Waals surface area contributed by atoms with E-state index < -0.39 is 0 Å². The van der Waals surface area contributed by atoms with Gasteiger partial charge in [-0.3, -0.25) is 4.79 Å². The van der Waals surface area contributed by atoms with Gasteiger partial charge in [-0.25, -0.2) is 9.37 Å². The Morgan fingerprint density at radius 1 is 1.07 bits per heavy atom. The molecule has 0 fully saturated rings. The van der Waals surface area contributed by atoms with E-state index in [0.29, 0.717) is 34.4 Å². The third kappa shape index (κ3) is 4.26. The zero-order valence-electron chi connectivity index (χ0n) is 14.9. The van der Waals surface area contributed by atoms with Gasteiger partial charge in [0.25, 0.3) is 5.91 Å². The lowest BCUT2D eigenvalue weighted by Gasteiger charge is -2.10. The minimum Gasteiger partial charge on any atom is -0.454 e. The molecule has 1 aliphatic heterocycles. The summed E-state index contributed by atoms with van der Waals surface area (Å²) in [6, 6.07) is 15.4. The molecule has 0 saturated carbocycles. The highest BCUT2D eigenvalue weighted by atomic mass is 32.2. The fourth-order valence-electron chi connectivity index (χ4n) is 2.74. The first-order valence-electron chi connectivity index (χ1n) is 8.68. The number of carbonyl (C=O) groups excluding carboxylic acids is 1. The topological polar surface area (TPSA) is 60.5 Å². The molecular formula is C21H17FN2O3S. The molecule has 0 unspecified atom stereocenters. The number of thioether (sulfide) groups is 1. The highest BCUT2D eigenvalue weighted by molar-refractivity contribution is 7.98. The van der Waals surface area contributed by atoms with Crippen LogP contribution in [-0.2, 0) is 12.3 Å². The summed E-state index contributed by atoms with van der Waals surface area (Å²) in [5.41, 5.74) is 2.39. The number of hydrogen-bond donors (Lipinski definition) is 1. The van der Waals surface area contributed by atoms with Crippen molar-refractivity contribution in [3.05, 3.63) is 83.3 Å². The van der Waals surface area contributed by atoms with Crippen molar-refractivity contribution in [2.45, 2.75) is 17.3 Å². The molecule has 1 aliphatic rings. The van der Waals surface area contributed by atoms with Crippen LogP contribution in [0.1, 0.15) is 21.5 Å². The van der Waals surface area contributed by atoms with Crippen LogP contribution >= 0.6 is 11.8 Å². The first-order chi connectivity index (χ1) is 13.7. The fourth-order valence-corrected chi connectivity index (χ4v) is 3.69. The molecule has 4 rings (SSSR count). The zero-order chi connectivity index (χ0) is 19.3. The van der Waals surface area contributed by atoms with Gasteiger partial charge < -0.3 is 14.8 Å². The van der Waals surface area contributed by atoms with Crippen molar-refractivity contribution in [1.82, 2.24) is 10.3 Å². The van der Waals surface area contributed by atoms with Crippen LogP contribution in [-0.4, -0.2) is 17.7 Å². The lowest BCUT2D eigenvalue weighted by atomic mass is 10.2. The summed E-state index contributed by atoms with van der Waals surface area (Å²) < 4.78 is 23.7. The van der Waals surface area contributed by atoms with Crippen molar-refractivity contribution in [2.24, 2.45) is 0 Å². The van der Waals surface area contributed by atoms with Gasteiger partial charge in [0, 0.05) is 18.5 Å². The maximum absolute atomic E-state index is 13.0. The Morgan fingerprint density at radius 3 is 2.71 bits per heavy atom. The van der Waals surface area contributed by atoms with Gasteiger partial charge in [-0.05, 0) is 47.5 Å². The van der Waals surface area contributed by atoms with Gasteiger partial charge in [-0.15, -0.1) is 11.8 Å². The molecule has 2 aromatic carbocycles. The summed E-state index contributed by atoms with van der Waals surface area (Å²) >= 11 is 1.44. The lowest BCUT2D eigenvalue weighted by Crippen LogP contribution is -2.23. The molecular weight excluding hydrogens is 379 g/mol. The number of pyridine rings is 1. The monoisotopic (exact) mass is 396 g/mol. The second kappa shape index (κ2) is 8.31. The molecule has 3 aromatic rings. The summed E-state index contributed by atoms with van der Waals surface area (Å²) in [4.78, 5) is 17.0. The first kappa shape index (κ1) is 18.3. The average Bonchev–Trinajstić information content (AvgIpc) is 3.20. The van der Waals surface area contributed by atoms with Gasteiger partial charge in [0.05, 0.1) is 5.56 Å². The number of hydrogen-bond acceptors (Lipinski definition) is 5. The van der Waals surface area contributed by atoms with Crippen molar-refractivity contribution in [3.63, 3.8) is 0 Å². The Kier molecular flexibility index (Phi) is 5.43. The number of aromatic nitrogens is 1. The molecule has 1 N–H and O–H groups in total. The minimum absolute atomic E-state index is 0.202. The van der Waals surface area contributed by atoms with Crippen molar-refractivity contribution in [2.75, 3.05) is 6.79 Å². The molecule has 1 aromatic heterocycles. The predicted octanol–water partition coefficient (Wildman–Crippen LogP) is 4.17. The van der Waals surface area contributed by atoms with Crippen LogP contribution in [0.3, 0.4) is 0 Å². The number of amides is 1. The molecule has 0 saturated heterocycles. The van der Waals surface area contributed by atoms with E-state index in [4.69, 9.17) is 9.47 Å². The Hall–Kier alpha value is -3.06. The maximum atomic E-state index is 13.0. The number of nitrogens with one attached hydrogen (secondary N) is 1. The van der Waals surface area contributed by atoms with Gasteiger partial charge in [-0.1, -0.05) is 18.2 Å². The molecule has 28 heavy (non-hydrogen) atoms. The van der Waals surface area contributed by atoms with E-state index in [2.05, 4.69) is 10.3 Å². The number of benzene rings is 2. The molecule has 0 atom stereocenters. The van der Waals surface area contributed by atoms with E-state index in [1.54, 1.807) is 30.5 Å². The summed E-state index contributed by atoms with van der Waals surface area (Å²) in [6.45, 7) is 0.585. The van der Waals surface area contributed by atoms with E-state index in [9.17, 15) is 9.18 Å². The first-order valence-corrected chi connectivity index (χ1v) is 9.66. The number of rotatable bonds is 6. The largest absolute Gasteiger partial charge is 0.454 e. The fraction of sp³-hybridized carbons (Fsp3) is 0.143. The van der Waals surface area contributed by atoms with Crippen LogP contribution in [0.5, 0.6) is 11.5 Å². The SMILES string of the molecule is O=C(NCc1ccc2c(c1)OCO2)c1cccnc1SCc1ccc(F)cc1. The van der Waals surface area contributed by atoms with Crippen molar-refractivity contribution < 1.29 is 18.7 Å². The van der Waals surface area contributed by atoms with Crippen LogP contribution in [0, 0.1) is 5.82 Å². The van der Waals surface area contributed by atoms with E-state index in [1.165, 1.54) is 23.9 Å². The van der Waals surface area contributed by atoms with Gasteiger partial charge in [0.15, 0.2) is 11.5 Å². The van der Waals surface area contributed by atoms with Crippen LogP contribution in [0.25, 0.3) is 0 Å². The Morgan fingerprint density at radius 2 is 1.86 bits per heavy atom. The van der Waals surface area contributed by atoms with Crippen LogP contribution in [0.4, 0.5) is 4.39 Å². The smallest absolute Gasteiger partial charge is 0.254 e. The number of nitrogens with zero attached hydrogens (tertiary/aromatic N) is 1.